The molecule has 88 valence electrons. The van der Waals surface area contributed by atoms with Crippen LogP contribution in [0.4, 0.5) is 0 Å². The Bertz CT molecular complexity index is 471. The summed E-state index contributed by atoms with van der Waals surface area (Å²) in [7, 11) is 0. The number of β-amino-alcohol motifs (C(OH)–C–C–N with tert-alkyl or cyclic N) is 1. The van der Waals surface area contributed by atoms with Gasteiger partial charge >= 0.3 is 0 Å². The molecule has 0 spiro atoms. The van der Waals surface area contributed by atoms with Crippen molar-refractivity contribution >= 4 is 5.91 Å². The first-order valence-electron chi connectivity index (χ1n) is 5.54. The summed E-state index contributed by atoms with van der Waals surface area (Å²) in [5, 5.41) is 18.5. The average Bonchev–Trinajstić information content (AvgIpc) is 2.69. The van der Waals surface area contributed by atoms with Crippen molar-refractivity contribution < 1.29 is 9.90 Å². The number of hydrogen-bond acceptors (Lipinski definition) is 3. The minimum atomic E-state index is -0.776. The van der Waals surface area contributed by atoms with Crippen LogP contribution in [0, 0.1) is 11.3 Å². The molecule has 0 saturated carbocycles. The molecule has 1 aromatic carbocycles. The lowest BCUT2D eigenvalue weighted by atomic mass is 10.1. The number of carbonyl (C=O) groups excluding carboxylic acids is 1. The van der Waals surface area contributed by atoms with E-state index < -0.39 is 5.60 Å². The number of aliphatic hydroxyl groups is 1. The first-order valence-corrected chi connectivity index (χ1v) is 5.54. The smallest absolute Gasteiger partial charge is 0.253 e. The summed E-state index contributed by atoms with van der Waals surface area (Å²) < 4.78 is 0. The average molecular weight is 230 g/mol. The zero-order chi connectivity index (χ0) is 12.5. The van der Waals surface area contributed by atoms with Crippen molar-refractivity contribution in [3.63, 3.8) is 0 Å². The van der Waals surface area contributed by atoms with Gasteiger partial charge in [0.1, 0.15) is 0 Å². The molecule has 0 radical (unpaired) electrons. The molecule has 4 heteroatoms. The predicted octanol–water partition coefficient (Wildman–Crippen LogP) is 1.16. The minimum Gasteiger partial charge on any atom is -0.388 e. The third-order valence-electron chi connectivity index (χ3n) is 3.00. The number of amides is 1. The second-order valence-electron chi connectivity index (χ2n) is 4.66. The molecule has 4 nitrogen and oxygen atoms in total. The van der Waals surface area contributed by atoms with Crippen molar-refractivity contribution in [2.75, 3.05) is 13.1 Å². The normalized spacial score (nSPS) is 23.5. The number of hydrogen-bond donors (Lipinski definition) is 1. The second kappa shape index (κ2) is 4.19. The fourth-order valence-electron chi connectivity index (χ4n) is 1.99. The van der Waals surface area contributed by atoms with E-state index in [-0.39, 0.29) is 5.91 Å². The fourth-order valence-corrected chi connectivity index (χ4v) is 1.99. The summed E-state index contributed by atoms with van der Waals surface area (Å²) in [6, 6.07) is 8.56. The van der Waals surface area contributed by atoms with Gasteiger partial charge in [0.2, 0.25) is 0 Å². The van der Waals surface area contributed by atoms with E-state index in [4.69, 9.17) is 5.26 Å². The van der Waals surface area contributed by atoms with Crippen molar-refractivity contribution in [3.8, 4) is 6.07 Å². The monoisotopic (exact) mass is 230 g/mol. The number of rotatable bonds is 1. The molecule has 17 heavy (non-hydrogen) atoms. The molecule has 1 fully saturated rings. The summed E-state index contributed by atoms with van der Waals surface area (Å²) in [6.45, 7) is 2.68. The van der Waals surface area contributed by atoms with Crippen LogP contribution in [0.5, 0.6) is 0 Å². The molecule has 1 saturated heterocycles. The fraction of sp³-hybridized carbons (Fsp3) is 0.385. The van der Waals surface area contributed by atoms with Gasteiger partial charge in [0, 0.05) is 18.7 Å². The van der Waals surface area contributed by atoms with Crippen LogP contribution < -0.4 is 0 Å². The molecule has 1 aromatic rings. The van der Waals surface area contributed by atoms with E-state index in [1.54, 1.807) is 36.1 Å². The Morgan fingerprint density at radius 3 is 2.59 bits per heavy atom. The molecular formula is C13H14N2O2. The number of benzene rings is 1. The lowest BCUT2D eigenvalue weighted by Gasteiger charge is -2.19. The Morgan fingerprint density at radius 2 is 2.12 bits per heavy atom. The Labute approximate surface area is 100 Å². The largest absolute Gasteiger partial charge is 0.388 e. The third-order valence-corrected chi connectivity index (χ3v) is 3.00. The molecule has 1 atom stereocenters. The molecule has 0 aliphatic carbocycles. The van der Waals surface area contributed by atoms with Gasteiger partial charge in [-0.3, -0.25) is 4.79 Å². The molecular weight excluding hydrogens is 216 g/mol. The second-order valence-corrected chi connectivity index (χ2v) is 4.66. The first kappa shape index (κ1) is 11.6. The third kappa shape index (κ3) is 2.45. The van der Waals surface area contributed by atoms with Crippen molar-refractivity contribution in [2.24, 2.45) is 0 Å². The molecule has 1 N–H and O–H groups in total. The Morgan fingerprint density at radius 1 is 1.47 bits per heavy atom. The number of carbonyl (C=O) groups is 1. The maximum atomic E-state index is 12.1. The van der Waals surface area contributed by atoms with E-state index >= 15 is 0 Å². The van der Waals surface area contributed by atoms with Crippen LogP contribution >= 0.6 is 0 Å². The van der Waals surface area contributed by atoms with E-state index in [0.29, 0.717) is 30.6 Å². The van der Waals surface area contributed by atoms with Crippen LogP contribution in [0.1, 0.15) is 29.3 Å². The molecule has 1 aliphatic rings. The Kier molecular flexibility index (Phi) is 2.86. The molecule has 1 heterocycles. The Balaban J connectivity index is 2.13. The van der Waals surface area contributed by atoms with E-state index in [1.807, 2.05) is 6.07 Å². The van der Waals surface area contributed by atoms with Gasteiger partial charge in [-0.15, -0.1) is 0 Å². The zero-order valence-corrected chi connectivity index (χ0v) is 9.68. The molecule has 1 amide bonds. The van der Waals surface area contributed by atoms with Gasteiger partial charge in [0.25, 0.3) is 5.91 Å². The van der Waals surface area contributed by atoms with Crippen LogP contribution in [0.25, 0.3) is 0 Å². The lowest BCUT2D eigenvalue weighted by Crippen LogP contribution is -2.33. The van der Waals surface area contributed by atoms with Crippen LogP contribution in [-0.4, -0.2) is 34.6 Å². The van der Waals surface area contributed by atoms with Crippen molar-refractivity contribution in [2.45, 2.75) is 18.9 Å². The van der Waals surface area contributed by atoms with E-state index in [9.17, 15) is 9.90 Å². The summed E-state index contributed by atoms with van der Waals surface area (Å²) in [5.41, 5.74) is 0.319. The van der Waals surface area contributed by atoms with E-state index in [0.717, 1.165) is 0 Å². The molecule has 1 unspecified atom stereocenters. The molecule has 2 rings (SSSR count). The summed E-state index contributed by atoms with van der Waals surface area (Å²) >= 11 is 0. The predicted molar refractivity (Wildman–Crippen MR) is 62.3 cm³/mol. The highest BCUT2D eigenvalue weighted by Gasteiger charge is 2.34. The van der Waals surface area contributed by atoms with Crippen LogP contribution in [0.2, 0.25) is 0 Å². The van der Waals surface area contributed by atoms with Crippen molar-refractivity contribution in [1.29, 1.82) is 5.26 Å². The van der Waals surface area contributed by atoms with E-state index in [1.165, 1.54) is 0 Å². The highest BCUT2D eigenvalue weighted by Crippen LogP contribution is 2.22. The van der Waals surface area contributed by atoms with Gasteiger partial charge in [-0.05, 0) is 37.6 Å². The SMILES string of the molecule is CC1(O)CCN(C(=O)c2ccc(C#N)cc2)C1. The summed E-state index contributed by atoms with van der Waals surface area (Å²) in [5.74, 6) is -0.0905. The quantitative estimate of drug-likeness (QED) is 0.787. The van der Waals surface area contributed by atoms with E-state index in [2.05, 4.69) is 0 Å². The zero-order valence-electron chi connectivity index (χ0n) is 9.68. The van der Waals surface area contributed by atoms with Crippen LogP contribution in [-0.2, 0) is 0 Å². The van der Waals surface area contributed by atoms with Crippen LogP contribution in [0.15, 0.2) is 24.3 Å². The Hall–Kier alpha value is -1.86. The maximum Gasteiger partial charge on any atom is 0.253 e. The van der Waals surface area contributed by atoms with Gasteiger partial charge in [-0.1, -0.05) is 0 Å². The maximum absolute atomic E-state index is 12.1. The lowest BCUT2D eigenvalue weighted by molar-refractivity contribution is 0.0572. The van der Waals surface area contributed by atoms with Crippen molar-refractivity contribution in [3.05, 3.63) is 35.4 Å². The summed E-state index contributed by atoms with van der Waals surface area (Å²) in [6.07, 6.45) is 0.606. The standard InChI is InChI=1S/C13H14N2O2/c1-13(17)6-7-15(9-13)12(16)11-4-2-10(8-14)3-5-11/h2-5,17H,6-7,9H2,1H3. The highest BCUT2D eigenvalue weighted by molar-refractivity contribution is 5.94. The molecule has 0 aromatic heterocycles. The number of nitriles is 1. The highest BCUT2D eigenvalue weighted by atomic mass is 16.3. The van der Waals surface area contributed by atoms with Gasteiger partial charge in [0.05, 0.1) is 17.2 Å². The number of nitrogens with zero attached hydrogens (tertiary/aromatic N) is 2. The topological polar surface area (TPSA) is 64.3 Å². The van der Waals surface area contributed by atoms with Crippen LogP contribution in [0.3, 0.4) is 0 Å². The molecule has 0 bridgehead atoms. The van der Waals surface area contributed by atoms with Gasteiger partial charge in [-0.25, -0.2) is 0 Å². The summed E-state index contributed by atoms with van der Waals surface area (Å²) in [4.78, 5) is 13.7. The van der Waals surface area contributed by atoms with Gasteiger partial charge < -0.3 is 10.0 Å². The molecule has 1 aliphatic heterocycles. The minimum absolute atomic E-state index is 0.0905. The number of likely N-dealkylation sites (tertiary alicyclic amines) is 1. The van der Waals surface area contributed by atoms with Gasteiger partial charge in [0.15, 0.2) is 0 Å². The van der Waals surface area contributed by atoms with Gasteiger partial charge in [-0.2, -0.15) is 5.26 Å². The van der Waals surface area contributed by atoms with Crippen molar-refractivity contribution in [1.82, 2.24) is 4.90 Å². The first-order chi connectivity index (χ1) is 8.02.